The first-order valence-electron chi connectivity index (χ1n) is 6.44. The normalized spacial score (nSPS) is 22.8. The van der Waals surface area contributed by atoms with Crippen molar-refractivity contribution in [2.24, 2.45) is 5.73 Å². The van der Waals surface area contributed by atoms with E-state index in [4.69, 9.17) is 5.73 Å². The van der Waals surface area contributed by atoms with Crippen molar-refractivity contribution in [2.75, 3.05) is 6.54 Å². The molecule has 1 aliphatic rings. The summed E-state index contributed by atoms with van der Waals surface area (Å²) >= 11 is 0. The van der Waals surface area contributed by atoms with Crippen LogP contribution in [0.2, 0.25) is 0 Å². The van der Waals surface area contributed by atoms with Gasteiger partial charge < -0.3 is 5.73 Å². The highest BCUT2D eigenvalue weighted by Gasteiger charge is 2.29. The SMILES string of the molecule is Cc1nc2n(n1)CC(c1ccccc1)CC2CN. The first kappa shape index (κ1) is 11.4. The van der Waals surface area contributed by atoms with Gasteiger partial charge in [0.2, 0.25) is 0 Å². The number of aryl methyl sites for hydroxylation is 1. The van der Waals surface area contributed by atoms with Gasteiger partial charge in [0.25, 0.3) is 0 Å². The van der Waals surface area contributed by atoms with E-state index in [1.54, 1.807) is 0 Å². The molecule has 3 rings (SSSR count). The molecule has 0 spiro atoms. The Hall–Kier alpha value is -1.68. The molecule has 2 aromatic rings. The topological polar surface area (TPSA) is 56.7 Å². The number of nitrogens with two attached hydrogens (primary N) is 1. The molecule has 0 saturated carbocycles. The number of nitrogens with zero attached hydrogens (tertiary/aromatic N) is 3. The van der Waals surface area contributed by atoms with Crippen molar-refractivity contribution in [1.82, 2.24) is 14.8 Å². The monoisotopic (exact) mass is 242 g/mol. The predicted molar refractivity (Wildman–Crippen MR) is 70.4 cm³/mol. The Morgan fingerprint density at radius 1 is 1.33 bits per heavy atom. The third kappa shape index (κ3) is 1.93. The Morgan fingerprint density at radius 2 is 2.11 bits per heavy atom. The summed E-state index contributed by atoms with van der Waals surface area (Å²) < 4.78 is 2.04. The van der Waals surface area contributed by atoms with E-state index in [1.165, 1.54) is 5.56 Å². The zero-order valence-corrected chi connectivity index (χ0v) is 10.6. The van der Waals surface area contributed by atoms with Crippen LogP contribution in [0.5, 0.6) is 0 Å². The van der Waals surface area contributed by atoms with Crippen LogP contribution in [0.1, 0.15) is 35.5 Å². The molecule has 2 unspecified atom stereocenters. The Balaban J connectivity index is 1.94. The lowest BCUT2D eigenvalue weighted by molar-refractivity contribution is 0.372. The molecule has 2 heterocycles. The Morgan fingerprint density at radius 3 is 2.83 bits per heavy atom. The number of hydrogen-bond acceptors (Lipinski definition) is 3. The van der Waals surface area contributed by atoms with Gasteiger partial charge in [-0.1, -0.05) is 30.3 Å². The Kier molecular flexibility index (Phi) is 2.88. The molecule has 0 fully saturated rings. The van der Waals surface area contributed by atoms with Crippen LogP contribution in [0.25, 0.3) is 0 Å². The fraction of sp³-hybridized carbons (Fsp3) is 0.429. The van der Waals surface area contributed by atoms with Crippen molar-refractivity contribution >= 4 is 0 Å². The summed E-state index contributed by atoms with van der Waals surface area (Å²) in [6.45, 7) is 3.49. The van der Waals surface area contributed by atoms with Crippen LogP contribution in [0.4, 0.5) is 0 Å². The maximum atomic E-state index is 5.89. The smallest absolute Gasteiger partial charge is 0.147 e. The third-order valence-corrected chi connectivity index (χ3v) is 3.69. The van der Waals surface area contributed by atoms with Gasteiger partial charge >= 0.3 is 0 Å². The van der Waals surface area contributed by atoms with Gasteiger partial charge in [-0.2, -0.15) is 5.10 Å². The van der Waals surface area contributed by atoms with E-state index >= 15 is 0 Å². The van der Waals surface area contributed by atoms with Gasteiger partial charge in [0.1, 0.15) is 11.6 Å². The van der Waals surface area contributed by atoms with Gasteiger partial charge in [0.05, 0.1) is 0 Å². The van der Waals surface area contributed by atoms with Crippen molar-refractivity contribution in [3.63, 3.8) is 0 Å². The van der Waals surface area contributed by atoms with Crippen molar-refractivity contribution in [2.45, 2.75) is 31.7 Å². The maximum Gasteiger partial charge on any atom is 0.147 e. The molecule has 2 N–H and O–H groups in total. The van der Waals surface area contributed by atoms with E-state index in [9.17, 15) is 0 Å². The highest BCUT2D eigenvalue weighted by molar-refractivity contribution is 5.22. The van der Waals surface area contributed by atoms with E-state index in [-0.39, 0.29) is 0 Å². The second-order valence-corrected chi connectivity index (χ2v) is 4.98. The van der Waals surface area contributed by atoms with Crippen LogP contribution < -0.4 is 5.73 Å². The lowest BCUT2D eigenvalue weighted by Crippen LogP contribution is -2.28. The maximum absolute atomic E-state index is 5.89. The number of rotatable bonds is 2. The van der Waals surface area contributed by atoms with Crippen LogP contribution in [-0.4, -0.2) is 21.3 Å². The van der Waals surface area contributed by atoms with Gasteiger partial charge in [0, 0.05) is 24.9 Å². The fourth-order valence-corrected chi connectivity index (χ4v) is 2.81. The molecule has 0 amide bonds. The molecule has 0 aliphatic carbocycles. The average molecular weight is 242 g/mol. The Labute approximate surface area is 107 Å². The molecule has 1 aromatic heterocycles. The first-order chi connectivity index (χ1) is 8.78. The third-order valence-electron chi connectivity index (χ3n) is 3.69. The molecule has 0 radical (unpaired) electrons. The highest BCUT2D eigenvalue weighted by atomic mass is 15.4. The number of hydrogen-bond donors (Lipinski definition) is 1. The minimum atomic E-state index is 0.324. The summed E-state index contributed by atoms with van der Waals surface area (Å²) in [4.78, 5) is 4.50. The van der Waals surface area contributed by atoms with Crippen LogP contribution in [0.3, 0.4) is 0 Å². The molecule has 2 atom stereocenters. The molecule has 1 aromatic carbocycles. The van der Waals surface area contributed by atoms with Crippen LogP contribution in [0, 0.1) is 6.92 Å². The van der Waals surface area contributed by atoms with E-state index in [0.29, 0.717) is 18.4 Å². The predicted octanol–water partition coefficient (Wildman–Crippen LogP) is 1.82. The molecule has 0 bridgehead atoms. The number of aromatic nitrogens is 3. The summed E-state index contributed by atoms with van der Waals surface area (Å²) in [6, 6.07) is 10.6. The lowest BCUT2D eigenvalue weighted by Gasteiger charge is -2.28. The number of benzene rings is 1. The average Bonchev–Trinajstić information content (AvgIpc) is 2.78. The van der Waals surface area contributed by atoms with Gasteiger partial charge in [0.15, 0.2) is 0 Å². The molecule has 94 valence electrons. The fourth-order valence-electron chi connectivity index (χ4n) is 2.81. The standard InChI is InChI=1S/C14H18N4/c1-10-16-14-12(8-15)7-13(9-18(14)17-10)11-5-3-2-4-6-11/h2-6,12-13H,7-9,15H2,1H3. The second kappa shape index (κ2) is 4.53. The largest absolute Gasteiger partial charge is 0.330 e. The minimum absolute atomic E-state index is 0.324. The molecule has 18 heavy (non-hydrogen) atoms. The summed E-state index contributed by atoms with van der Waals surface area (Å²) in [7, 11) is 0. The van der Waals surface area contributed by atoms with Gasteiger partial charge in [-0.3, -0.25) is 0 Å². The highest BCUT2D eigenvalue weighted by Crippen LogP contribution is 2.34. The van der Waals surface area contributed by atoms with Crippen LogP contribution in [0.15, 0.2) is 30.3 Å². The van der Waals surface area contributed by atoms with Gasteiger partial charge in [-0.25, -0.2) is 9.67 Å². The summed E-state index contributed by atoms with van der Waals surface area (Å²) in [5, 5.41) is 4.48. The Bertz CT molecular complexity index is 532. The van der Waals surface area contributed by atoms with Crippen molar-refractivity contribution in [1.29, 1.82) is 0 Å². The van der Waals surface area contributed by atoms with E-state index in [0.717, 1.165) is 24.6 Å². The second-order valence-electron chi connectivity index (χ2n) is 4.98. The van der Waals surface area contributed by atoms with Gasteiger partial charge in [-0.15, -0.1) is 0 Å². The molecule has 1 aliphatic heterocycles. The zero-order valence-electron chi connectivity index (χ0n) is 10.6. The summed E-state index contributed by atoms with van der Waals surface area (Å²) in [5.41, 5.74) is 7.26. The van der Waals surface area contributed by atoms with E-state index in [2.05, 4.69) is 40.4 Å². The zero-order chi connectivity index (χ0) is 12.5. The quantitative estimate of drug-likeness (QED) is 0.874. The van der Waals surface area contributed by atoms with Crippen molar-refractivity contribution in [3.05, 3.63) is 47.5 Å². The van der Waals surface area contributed by atoms with E-state index in [1.807, 2.05) is 11.6 Å². The minimum Gasteiger partial charge on any atom is -0.330 e. The number of fused-ring (bicyclic) bond motifs is 1. The van der Waals surface area contributed by atoms with Crippen molar-refractivity contribution in [3.8, 4) is 0 Å². The van der Waals surface area contributed by atoms with Crippen molar-refractivity contribution < 1.29 is 0 Å². The molecule has 0 saturated heterocycles. The lowest BCUT2D eigenvalue weighted by atomic mass is 9.85. The summed E-state index contributed by atoms with van der Waals surface area (Å²) in [5.74, 6) is 2.72. The molecule has 4 nitrogen and oxygen atoms in total. The van der Waals surface area contributed by atoms with Crippen LogP contribution >= 0.6 is 0 Å². The van der Waals surface area contributed by atoms with Gasteiger partial charge in [-0.05, 0) is 18.9 Å². The van der Waals surface area contributed by atoms with Crippen LogP contribution in [-0.2, 0) is 6.54 Å². The molecular formula is C14H18N4. The first-order valence-corrected chi connectivity index (χ1v) is 6.44. The molecular weight excluding hydrogens is 224 g/mol. The van der Waals surface area contributed by atoms with E-state index < -0.39 is 0 Å². The molecule has 4 heteroatoms. The summed E-state index contributed by atoms with van der Waals surface area (Å²) in [6.07, 6.45) is 1.07.